The van der Waals surface area contributed by atoms with Crippen LogP contribution in [0, 0.1) is 0 Å². The van der Waals surface area contributed by atoms with Crippen LogP contribution in [0.25, 0.3) is 0 Å². The number of anilines is 1. The smallest absolute Gasteiger partial charge is 0.337 e. The van der Waals surface area contributed by atoms with Crippen LogP contribution < -0.4 is 4.90 Å². The first-order valence-corrected chi connectivity index (χ1v) is 6.47. The van der Waals surface area contributed by atoms with Gasteiger partial charge in [0.15, 0.2) is 0 Å². The molecule has 0 aliphatic rings. The van der Waals surface area contributed by atoms with Crippen LogP contribution in [0.4, 0.5) is 5.69 Å². The van der Waals surface area contributed by atoms with Gasteiger partial charge in [-0.05, 0) is 23.9 Å². The van der Waals surface area contributed by atoms with Gasteiger partial charge >= 0.3 is 5.97 Å². The van der Waals surface area contributed by atoms with Crippen molar-refractivity contribution in [2.45, 2.75) is 6.42 Å². The molecule has 4 nitrogen and oxygen atoms in total. The third-order valence-corrected chi connectivity index (χ3v) is 3.65. The molecular weight excluding hydrogens is 248 g/mol. The first kappa shape index (κ1) is 12.6. The van der Waals surface area contributed by atoms with Crippen molar-refractivity contribution >= 4 is 23.0 Å². The van der Waals surface area contributed by atoms with E-state index in [2.05, 4.69) is 11.1 Å². The highest BCUT2D eigenvalue weighted by Gasteiger charge is 2.13. The summed E-state index contributed by atoms with van der Waals surface area (Å²) in [6.45, 7) is 0.770. The molecule has 18 heavy (non-hydrogen) atoms. The number of hydrogen-bond donors (Lipinski definition) is 1. The molecule has 0 bridgehead atoms. The second kappa shape index (κ2) is 5.64. The zero-order valence-electron chi connectivity index (χ0n) is 10.0. The topological polar surface area (TPSA) is 53.4 Å². The third-order valence-electron chi connectivity index (χ3n) is 2.72. The summed E-state index contributed by atoms with van der Waals surface area (Å²) in [5, 5.41) is 11.2. The van der Waals surface area contributed by atoms with Gasteiger partial charge in [-0.15, -0.1) is 11.3 Å². The van der Waals surface area contributed by atoms with E-state index in [1.165, 1.54) is 17.1 Å². The fraction of sp³-hybridized carbons (Fsp3) is 0.231. The van der Waals surface area contributed by atoms with E-state index in [9.17, 15) is 4.79 Å². The molecule has 0 fully saturated rings. The predicted molar refractivity (Wildman–Crippen MR) is 72.5 cm³/mol. The van der Waals surface area contributed by atoms with E-state index >= 15 is 0 Å². The first-order valence-electron chi connectivity index (χ1n) is 5.59. The van der Waals surface area contributed by atoms with Gasteiger partial charge in [0.2, 0.25) is 0 Å². The van der Waals surface area contributed by atoms with Gasteiger partial charge in [0.1, 0.15) is 0 Å². The Bertz CT molecular complexity index is 526. The molecule has 2 rings (SSSR count). The molecule has 0 aromatic carbocycles. The molecule has 0 saturated heterocycles. The Morgan fingerprint density at radius 2 is 2.33 bits per heavy atom. The minimum Gasteiger partial charge on any atom is -0.478 e. The Balaban J connectivity index is 2.09. The molecule has 0 radical (unpaired) electrons. The maximum absolute atomic E-state index is 11.1. The second-order valence-corrected chi connectivity index (χ2v) is 4.98. The van der Waals surface area contributed by atoms with Gasteiger partial charge in [0.05, 0.1) is 17.4 Å². The van der Waals surface area contributed by atoms with Crippen molar-refractivity contribution < 1.29 is 9.90 Å². The SMILES string of the molecule is CN(CCc1cccs1)c1cnccc1C(=O)O. The van der Waals surface area contributed by atoms with Gasteiger partial charge in [0, 0.05) is 24.7 Å². The summed E-state index contributed by atoms with van der Waals surface area (Å²) in [5.41, 5.74) is 0.945. The molecule has 1 N–H and O–H groups in total. The van der Waals surface area contributed by atoms with Crippen molar-refractivity contribution in [3.05, 3.63) is 46.4 Å². The maximum Gasteiger partial charge on any atom is 0.337 e. The number of aromatic carboxylic acids is 1. The lowest BCUT2D eigenvalue weighted by molar-refractivity contribution is 0.0697. The average Bonchev–Trinajstić information content (AvgIpc) is 2.89. The number of aromatic nitrogens is 1. The highest BCUT2D eigenvalue weighted by Crippen LogP contribution is 2.18. The number of carboxylic acid groups (broad SMARTS) is 1. The van der Waals surface area contributed by atoms with Crippen molar-refractivity contribution in [1.29, 1.82) is 0 Å². The number of nitrogens with zero attached hydrogens (tertiary/aromatic N) is 2. The van der Waals surface area contributed by atoms with Crippen LogP contribution in [0.3, 0.4) is 0 Å². The van der Waals surface area contributed by atoms with E-state index in [4.69, 9.17) is 5.11 Å². The summed E-state index contributed by atoms with van der Waals surface area (Å²) in [6, 6.07) is 5.63. The van der Waals surface area contributed by atoms with Gasteiger partial charge in [-0.25, -0.2) is 4.79 Å². The standard InChI is InChI=1S/C13H14N2O2S/c1-15(7-5-10-3-2-8-18-10)12-9-14-6-4-11(12)13(16)17/h2-4,6,8-9H,5,7H2,1H3,(H,16,17). The Morgan fingerprint density at radius 1 is 1.50 bits per heavy atom. The number of carbonyl (C=O) groups is 1. The van der Waals surface area contributed by atoms with Crippen LogP contribution in [0.5, 0.6) is 0 Å². The molecule has 2 aromatic rings. The van der Waals surface area contributed by atoms with Crippen LogP contribution >= 0.6 is 11.3 Å². The number of carboxylic acids is 1. The predicted octanol–water partition coefficient (Wildman–Crippen LogP) is 2.52. The zero-order valence-corrected chi connectivity index (χ0v) is 10.9. The summed E-state index contributed by atoms with van der Waals surface area (Å²) in [4.78, 5) is 18.3. The van der Waals surface area contributed by atoms with Crippen molar-refractivity contribution in [2.24, 2.45) is 0 Å². The molecule has 94 valence electrons. The molecule has 0 aliphatic carbocycles. The summed E-state index contributed by atoms with van der Waals surface area (Å²) >= 11 is 1.71. The zero-order chi connectivity index (χ0) is 13.0. The molecule has 0 spiro atoms. The van der Waals surface area contributed by atoms with Crippen molar-refractivity contribution in [3.63, 3.8) is 0 Å². The molecule has 0 unspecified atom stereocenters. The number of pyridine rings is 1. The molecular formula is C13H14N2O2S. The lowest BCUT2D eigenvalue weighted by atomic mass is 10.2. The number of hydrogen-bond acceptors (Lipinski definition) is 4. The Labute approximate surface area is 110 Å². The molecule has 0 saturated carbocycles. The molecule has 5 heteroatoms. The normalized spacial score (nSPS) is 10.3. The quantitative estimate of drug-likeness (QED) is 0.899. The van der Waals surface area contributed by atoms with Gasteiger partial charge in [-0.1, -0.05) is 6.07 Å². The molecule has 0 aliphatic heterocycles. The van der Waals surface area contributed by atoms with Crippen molar-refractivity contribution in [1.82, 2.24) is 4.98 Å². The van der Waals surface area contributed by atoms with Crippen molar-refractivity contribution in [3.8, 4) is 0 Å². The highest BCUT2D eigenvalue weighted by atomic mass is 32.1. The van der Waals surface area contributed by atoms with E-state index in [0.29, 0.717) is 11.3 Å². The summed E-state index contributed by atoms with van der Waals surface area (Å²) < 4.78 is 0. The lowest BCUT2D eigenvalue weighted by Crippen LogP contribution is -2.22. The van der Waals surface area contributed by atoms with E-state index in [1.54, 1.807) is 17.5 Å². The van der Waals surface area contributed by atoms with E-state index in [-0.39, 0.29) is 0 Å². The van der Waals surface area contributed by atoms with Gasteiger partial charge in [0.25, 0.3) is 0 Å². The lowest BCUT2D eigenvalue weighted by Gasteiger charge is -2.20. The number of rotatable bonds is 5. The Kier molecular flexibility index (Phi) is 3.94. The maximum atomic E-state index is 11.1. The van der Waals surface area contributed by atoms with Gasteiger partial charge in [-0.3, -0.25) is 4.98 Å². The van der Waals surface area contributed by atoms with Crippen LogP contribution in [-0.4, -0.2) is 29.7 Å². The van der Waals surface area contributed by atoms with Gasteiger partial charge in [-0.2, -0.15) is 0 Å². The fourth-order valence-corrected chi connectivity index (χ4v) is 2.42. The fourth-order valence-electron chi connectivity index (χ4n) is 1.72. The molecule has 2 aromatic heterocycles. The Morgan fingerprint density at radius 3 is 3.00 bits per heavy atom. The van der Waals surface area contributed by atoms with Crippen LogP contribution in [0.1, 0.15) is 15.2 Å². The van der Waals surface area contributed by atoms with E-state index in [0.717, 1.165) is 13.0 Å². The molecule has 0 atom stereocenters. The minimum atomic E-state index is -0.921. The summed E-state index contributed by atoms with van der Waals surface area (Å²) in [7, 11) is 1.89. The third kappa shape index (κ3) is 2.87. The number of thiophene rings is 1. The minimum absolute atomic E-state index is 0.290. The molecule has 2 heterocycles. The summed E-state index contributed by atoms with van der Waals surface area (Å²) in [5.74, 6) is -0.921. The Hall–Kier alpha value is -1.88. The van der Waals surface area contributed by atoms with Crippen LogP contribution in [-0.2, 0) is 6.42 Å². The summed E-state index contributed by atoms with van der Waals surface area (Å²) in [6.07, 6.45) is 4.00. The second-order valence-electron chi connectivity index (χ2n) is 3.95. The monoisotopic (exact) mass is 262 g/mol. The average molecular weight is 262 g/mol. The first-order chi connectivity index (χ1) is 8.68. The largest absolute Gasteiger partial charge is 0.478 e. The molecule has 0 amide bonds. The highest BCUT2D eigenvalue weighted by molar-refractivity contribution is 7.09. The number of likely N-dealkylation sites (N-methyl/N-ethyl adjacent to an activating group) is 1. The van der Waals surface area contributed by atoms with Crippen LogP contribution in [0.15, 0.2) is 36.0 Å². The van der Waals surface area contributed by atoms with Gasteiger partial charge < -0.3 is 10.0 Å². The van der Waals surface area contributed by atoms with E-state index in [1.807, 2.05) is 23.4 Å². The van der Waals surface area contributed by atoms with Crippen molar-refractivity contribution in [2.75, 3.05) is 18.5 Å². The van der Waals surface area contributed by atoms with E-state index < -0.39 is 5.97 Å². The van der Waals surface area contributed by atoms with Crippen LogP contribution in [0.2, 0.25) is 0 Å².